The fourth-order valence-electron chi connectivity index (χ4n) is 4.23. The number of amides is 4. The van der Waals surface area contributed by atoms with Crippen molar-refractivity contribution < 1.29 is 14.4 Å². The molecule has 0 radical (unpaired) electrons. The predicted molar refractivity (Wildman–Crippen MR) is 127 cm³/mol. The summed E-state index contributed by atoms with van der Waals surface area (Å²) in [6.07, 6.45) is 1.61. The number of likely N-dealkylation sites (tertiary alicyclic amines) is 1. The Labute approximate surface area is 199 Å². The molecule has 0 bridgehead atoms. The molecule has 7 nitrogen and oxygen atoms in total. The van der Waals surface area contributed by atoms with Gasteiger partial charge in [0.05, 0.1) is 6.54 Å². The monoisotopic (exact) mass is 468 g/mol. The molecule has 8 heteroatoms. The molecular weight excluding hydrogens is 440 g/mol. The first-order valence-corrected chi connectivity index (χ1v) is 11.7. The van der Waals surface area contributed by atoms with Gasteiger partial charge in [-0.15, -0.1) is 0 Å². The van der Waals surface area contributed by atoms with Crippen LogP contribution in [-0.2, 0) is 22.7 Å². The van der Waals surface area contributed by atoms with Gasteiger partial charge in [0.25, 0.3) is 0 Å². The van der Waals surface area contributed by atoms with Gasteiger partial charge in [0.1, 0.15) is 0 Å². The van der Waals surface area contributed by atoms with Crippen LogP contribution in [0.25, 0.3) is 0 Å². The molecule has 0 aliphatic carbocycles. The number of urea groups is 1. The Morgan fingerprint density at radius 2 is 1.55 bits per heavy atom. The molecular formula is C25H29ClN4O3. The van der Waals surface area contributed by atoms with Crippen molar-refractivity contribution in [2.24, 2.45) is 11.8 Å². The number of nitrogens with one attached hydrogen (secondary N) is 1. The van der Waals surface area contributed by atoms with Crippen LogP contribution < -0.4 is 5.32 Å². The lowest BCUT2D eigenvalue weighted by Crippen LogP contribution is -2.49. The van der Waals surface area contributed by atoms with Crippen LogP contribution in [0.4, 0.5) is 10.5 Å². The normalized spacial score (nSPS) is 20.5. The fraction of sp³-hybridized carbons (Fsp3) is 0.400. The van der Waals surface area contributed by atoms with E-state index in [2.05, 4.69) is 5.32 Å². The Morgan fingerprint density at radius 1 is 0.939 bits per heavy atom. The van der Waals surface area contributed by atoms with E-state index in [0.29, 0.717) is 30.2 Å². The van der Waals surface area contributed by atoms with E-state index in [-0.39, 0.29) is 36.2 Å². The second kappa shape index (κ2) is 9.83. The van der Waals surface area contributed by atoms with E-state index in [1.165, 1.54) is 10.0 Å². The smallest absolute Gasteiger partial charge is 0.338 e. The molecule has 0 spiro atoms. The third-order valence-electron chi connectivity index (χ3n) is 6.37. The number of halogens is 1. The number of hydrogen-bond donors (Lipinski definition) is 1. The number of carbonyl (C=O) groups excluding carboxylic acids is 3. The second-order valence-electron chi connectivity index (χ2n) is 8.91. The van der Waals surface area contributed by atoms with Crippen LogP contribution >= 0.6 is 11.6 Å². The number of hydrogen-bond acceptors (Lipinski definition) is 3. The first kappa shape index (κ1) is 23.1. The quantitative estimate of drug-likeness (QED) is 0.677. The number of rotatable bonds is 6. The Morgan fingerprint density at radius 3 is 2.12 bits per heavy atom. The van der Waals surface area contributed by atoms with Crippen molar-refractivity contribution in [3.63, 3.8) is 0 Å². The highest BCUT2D eigenvalue weighted by molar-refractivity contribution is 6.30. The highest BCUT2D eigenvalue weighted by Gasteiger charge is 2.35. The summed E-state index contributed by atoms with van der Waals surface area (Å²) in [7, 11) is 0. The molecule has 2 aromatic rings. The minimum Gasteiger partial charge on any atom is -0.338 e. The molecule has 2 saturated heterocycles. The topological polar surface area (TPSA) is 73.0 Å². The third-order valence-corrected chi connectivity index (χ3v) is 6.62. The minimum absolute atomic E-state index is 0.0565. The molecule has 1 N–H and O–H groups in total. The van der Waals surface area contributed by atoms with Gasteiger partial charge in [-0.05, 0) is 48.2 Å². The first-order valence-electron chi connectivity index (χ1n) is 11.3. The van der Waals surface area contributed by atoms with Gasteiger partial charge in [0.2, 0.25) is 11.8 Å². The summed E-state index contributed by atoms with van der Waals surface area (Å²) >= 11 is 5.99. The molecule has 2 aliphatic rings. The molecule has 4 amide bonds. The largest absolute Gasteiger partial charge is 0.341 e. The molecule has 4 rings (SSSR count). The lowest BCUT2D eigenvalue weighted by Gasteiger charge is -2.32. The zero-order valence-corrected chi connectivity index (χ0v) is 19.7. The van der Waals surface area contributed by atoms with Gasteiger partial charge in [0, 0.05) is 42.2 Å². The van der Waals surface area contributed by atoms with Crippen molar-refractivity contribution >= 4 is 35.1 Å². The average Bonchev–Trinajstić information content (AvgIpc) is 3.30. The van der Waals surface area contributed by atoms with E-state index < -0.39 is 0 Å². The second-order valence-corrected chi connectivity index (χ2v) is 9.35. The Kier molecular flexibility index (Phi) is 6.88. The summed E-state index contributed by atoms with van der Waals surface area (Å²) in [5, 5.41) is 6.52. The van der Waals surface area contributed by atoms with E-state index in [1.54, 1.807) is 12.1 Å². The summed E-state index contributed by atoms with van der Waals surface area (Å²) < 4.78 is 0. The molecule has 2 heterocycles. The maximum Gasteiger partial charge on any atom is 0.341 e. The van der Waals surface area contributed by atoms with Gasteiger partial charge in [-0.3, -0.25) is 9.59 Å². The lowest BCUT2D eigenvalue weighted by molar-refractivity contribution is -0.141. The van der Waals surface area contributed by atoms with E-state index in [1.807, 2.05) is 55.1 Å². The van der Waals surface area contributed by atoms with Gasteiger partial charge in [-0.2, -0.15) is 0 Å². The van der Waals surface area contributed by atoms with Gasteiger partial charge >= 0.3 is 6.03 Å². The zero-order valence-electron chi connectivity index (χ0n) is 19.0. The Balaban J connectivity index is 1.45. The van der Waals surface area contributed by atoms with Crippen molar-refractivity contribution in [2.75, 3.05) is 18.4 Å². The van der Waals surface area contributed by atoms with Gasteiger partial charge in [0.15, 0.2) is 0 Å². The fourth-order valence-corrected chi connectivity index (χ4v) is 4.35. The third kappa shape index (κ3) is 5.30. The van der Waals surface area contributed by atoms with Crippen LogP contribution in [0.2, 0.25) is 5.02 Å². The van der Waals surface area contributed by atoms with E-state index in [0.717, 1.165) is 24.1 Å². The molecule has 2 fully saturated rings. The van der Waals surface area contributed by atoms with Gasteiger partial charge in [-0.1, -0.05) is 49.7 Å². The summed E-state index contributed by atoms with van der Waals surface area (Å²) in [6, 6.07) is 14.3. The summed E-state index contributed by atoms with van der Waals surface area (Å²) in [5.41, 5.74) is 2.52. The number of benzene rings is 2. The SMILES string of the molecule is CC1CCN(Cc2ccc(NC(=O)N(Cc3ccc(Cl)cc3)N3CCC(C)C3=O)cc2)C1=O. The van der Waals surface area contributed by atoms with Crippen molar-refractivity contribution in [3.8, 4) is 0 Å². The molecule has 2 aliphatic heterocycles. The van der Waals surface area contributed by atoms with E-state index >= 15 is 0 Å². The maximum atomic E-state index is 13.2. The van der Waals surface area contributed by atoms with Crippen molar-refractivity contribution in [1.29, 1.82) is 0 Å². The number of nitrogens with zero attached hydrogens (tertiary/aromatic N) is 3. The summed E-state index contributed by atoms with van der Waals surface area (Å²) in [5.74, 6) is 0.112. The number of carbonyl (C=O) groups is 3. The molecule has 0 saturated carbocycles. The molecule has 174 valence electrons. The van der Waals surface area contributed by atoms with Crippen molar-refractivity contribution in [3.05, 3.63) is 64.7 Å². The van der Waals surface area contributed by atoms with Crippen molar-refractivity contribution in [1.82, 2.24) is 14.9 Å². The van der Waals surface area contributed by atoms with Crippen LogP contribution in [0.3, 0.4) is 0 Å². The first-order chi connectivity index (χ1) is 15.8. The number of hydrazine groups is 1. The number of anilines is 1. The Bertz CT molecular complexity index is 1020. The van der Waals surface area contributed by atoms with Gasteiger partial charge in [-0.25, -0.2) is 14.8 Å². The average molecular weight is 469 g/mol. The molecule has 2 unspecified atom stereocenters. The zero-order chi connectivity index (χ0) is 23.5. The van der Waals surface area contributed by atoms with Crippen LogP contribution in [0.5, 0.6) is 0 Å². The lowest BCUT2D eigenvalue weighted by atomic mass is 10.1. The molecule has 2 atom stereocenters. The van der Waals surface area contributed by atoms with E-state index in [4.69, 9.17) is 11.6 Å². The summed E-state index contributed by atoms with van der Waals surface area (Å²) in [4.78, 5) is 39.9. The predicted octanol–water partition coefficient (Wildman–Crippen LogP) is 4.53. The highest BCUT2D eigenvalue weighted by atomic mass is 35.5. The molecule has 33 heavy (non-hydrogen) atoms. The van der Waals surface area contributed by atoms with Gasteiger partial charge < -0.3 is 10.2 Å². The van der Waals surface area contributed by atoms with Crippen LogP contribution in [0, 0.1) is 11.8 Å². The van der Waals surface area contributed by atoms with Crippen LogP contribution in [0.15, 0.2) is 48.5 Å². The standard InChI is InChI=1S/C25H29ClN4O3/c1-17-11-13-28(23(17)31)15-19-5-9-22(10-6-19)27-25(33)30(29-14-12-18(2)24(29)32)16-20-3-7-21(26)8-4-20/h3-10,17-18H,11-16H2,1-2H3,(H,27,33). The summed E-state index contributed by atoms with van der Waals surface area (Å²) in [6.45, 7) is 5.95. The van der Waals surface area contributed by atoms with E-state index in [9.17, 15) is 14.4 Å². The minimum atomic E-state index is -0.372. The van der Waals surface area contributed by atoms with Crippen molar-refractivity contribution in [2.45, 2.75) is 39.8 Å². The van der Waals surface area contributed by atoms with Crippen LogP contribution in [-0.4, -0.2) is 45.9 Å². The Hall–Kier alpha value is -3.06. The molecule has 2 aromatic carbocycles. The van der Waals surface area contributed by atoms with Crippen LogP contribution in [0.1, 0.15) is 37.8 Å². The highest BCUT2D eigenvalue weighted by Crippen LogP contribution is 2.24. The molecule has 0 aromatic heterocycles. The maximum absolute atomic E-state index is 13.2.